The van der Waals surface area contributed by atoms with Gasteiger partial charge >= 0.3 is 11.8 Å². The molecule has 0 unspecified atom stereocenters. The summed E-state index contributed by atoms with van der Waals surface area (Å²) in [6.07, 6.45) is 6.46. The van der Waals surface area contributed by atoms with Crippen molar-refractivity contribution in [3.8, 4) is 0 Å². The third-order valence-corrected chi connectivity index (χ3v) is 3.50. The van der Waals surface area contributed by atoms with Gasteiger partial charge in [0.2, 0.25) is 0 Å². The maximum absolute atomic E-state index is 11.7. The van der Waals surface area contributed by atoms with Gasteiger partial charge in [0.1, 0.15) is 0 Å². The van der Waals surface area contributed by atoms with Gasteiger partial charge in [-0.1, -0.05) is 43.2 Å². The fourth-order valence-corrected chi connectivity index (χ4v) is 2.29. The predicted octanol–water partition coefficient (Wildman–Crippen LogP) is 2.13. The number of benzene rings is 1. The van der Waals surface area contributed by atoms with Crippen LogP contribution < -0.4 is 10.7 Å². The zero-order valence-electron chi connectivity index (χ0n) is 12.1. The number of carbonyl (C=O) groups excluding carboxylic acids is 2. The van der Waals surface area contributed by atoms with Gasteiger partial charge in [-0.05, 0) is 31.2 Å². The molecule has 2 amide bonds. The van der Waals surface area contributed by atoms with E-state index in [0.29, 0.717) is 6.54 Å². The van der Waals surface area contributed by atoms with Crippen molar-refractivity contribution in [3.63, 3.8) is 0 Å². The minimum Gasteiger partial charge on any atom is -0.344 e. The molecule has 2 N–H and O–H groups in total. The molecule has 0 bridgehead atoms. The van der Waals surface area contributed by atoms with E-state index in [0.717, 1.165) is 37.0 Å². The van der Waals surface area contributed by atoms with Crippen LogP contribution in [0.3, 0.4) is 0 Å². The number of hydrogen-bond donors (Lipinski definition) is 2. The van der Waals surface area contributed by atoms with Crippen molar-refractivity contribution < 1.29 is 9.59 Å². The summed E-state index contributed by atoms with van der Waals surface area (Å²) in [4.78, 5) is 23.3. The average Bonchev–Trinajstić information content (AvgIpc) is 2.80. The van der Waals surface area contributed by atoms with E-state index in [-0.39, 0.29) is 0 Å². The molecule has 1 fully saturated rings. The van der Waals surface area contributed by atoms with Gasteiger partial charge in [-0.25, -0.2) is 5.43 Å². The Balaban J connectivity index is 1.77. The number of hydrogen-bond acceptors (Lipinski definition) is 3. The van der Waals surface area contributed by atoms with Crippen LogP contribution >= 0.6 is 0 Å². The Morgan fingerprint density at radius 1 is 0.952 bits per heavy atom. The molecule has 2 rings (SSSR count). The predicted molar refractivity (Wildman–Crippen MR) is 81.6 cm³/mol. The van der Waals surface area contributed by atoms with E-state index in [2.05, 4.69) is 15.8 Å². The maximum atomic E-state index is 11.7. The van der Waals surface area contributed by atoms with Crippen molar-refractivity contribution in [3.05, 3.63) is 35.9 Å². The lowest BCUT2D eigenvalue weighted by atomic mass is 10.2. The van der Waals surface area contributed by atoms with Gasteiger partial charge in [-0.3, -0.25) is 9.59 Å². The van der Waals surface area contributed by atoms with Crippen LogP contribution in [0.15, 0.2) is 35.4 Å². The summed E-state index contributed by atoms with van der Waals surface area (Å²) in [6.45, 7) is 0.337. The fourth-order valence-electron chi connectivity index (χ4n) is 2.29. The van der Waals surface area contributed by atoms with Crippen molar-refractivity contribution in [2.24, 2.45) is 5.10 Å². The smallest absolute Gasteiger partial charge is 0.329 e. The van der Waals surface area contributed by atoms with Crippen molar-refractivity contribution in [1.82, 2.24) is 10.7 Å². The minimum absolute atomic E-state index is 0.337. The fraction of sp³-hybridized carbons (Fsp3) is 0.438. The maximum Gasteiger partial charge on any atom is 0.329 e. The van der Waals surface area contributed by atoms with E-state index < -0.39 is 11.8 Å². The SMILES string of the molecule is O=C(NCc1ccccc1)C(=O)NN=C1CCCCCC1. The molecular formula is C16H21N3O2. The van der Waals surface area contributed by atoms with E-state index in [9.17, 15) is 9.59 Å². The van der Waals surface area contributed by atoms with E-state index in [1.54, 1.807) is 0 Å². The Labute approximate surface area is 124 Å². The summed E-state index contributed by atoms with van der Waals surface area (Å²) in [5, 5.41) is 6.65. The van der Waals surface area contributed by atoms with Crippen LogP contribution in [0.5, 0.6) is 0 Å². The lowest BCUT2D eigenvalue weighted by Gasteiger charge is -2.05. The Hall–Kier alpha value is -2.17. The summed E-state index contributed by atoms with van der Waals surface area (Å²) in [5.41, 5.74) is 4.29. The zero-order chi connectivity index (χ0) is 14.9. The van der Waals surface area contributed by atoms with Crippen molar-refractivity contribution in [2.75, 3.05) is 0 Å². The van der Waals surface area contributed by atoms with E-state index in [4.69, 9.17) is 0 Å². The van der Waals surface area contributed by atoms with Crippen LogP contribution in [0.4, 0.5) is 0 Å². The third-order valence-electron chi connectivity index (χ3n) is 3.50. The van der Waals surface area contributed by atoms with Crippen LogP contribution in [-0.2, 0) is 16.1 Å². The minimum atomic E-state index is -0.706. The second-order valence-electron chi connectivity index (χ2n) is 5.20. The van der Waals surface area contributed by atoms with E-state index in [1.807, 2.05) is 30.3 Å². The van der Waals surface area contributed by atoms with E-state index >= 15 is 0 Å². The second-order valence-corrected chi connectivity index (χ2v) is 5.20. The molecular weight excluding hydrogens is 266 g/mol. The number of carbonyl (C=O) groups is 2. The average molecular weight is 287 g/mol. The van der Waals surface area contributed by atoms with Crippen molar-refractivity contribution in [2.45, 2.75) is 45.1 Å². The van der Waals surface area contributed by atoms with Crippen LogP contribution in [0, 0.1) is 0 Å². The van der Waals surface area contributed by atoms with E-state index in [1.165, 1.54) is 12.8 Å². The lowest BCUT2D eigenvalue weighted by Crippen LogP contribution is -2.37. The Morgan fingerprint density at radius 3 is 2.29 bits per heavy atom. The molecule has 112 valence electrons. The number of nitrogens with zero attached hydrogens (tertiary/aromatic N) is 1. The van der Waals surface area contributed by atoms with Gasteiger partial charge in [-0.15, -0.1) is 0 Å². The molecule has 21 heavy (non-hydrogen) atoms. The highest BCUT2D eigenvalue weighted by molar-refractivity contribution is 6.35. The molecule has 1 aromatic carbocycles. The first-order chi connectivity index (χ1) is 10.3. The third kappa shape index (κ3) is 5.38. The molecule has 0 aromatic heterocycles. The topological polar surface area (TPSA) is 70.6 Å². The second kappa shape index (κ2) is 8.19. The van der Waals surface area contributed by atoms with Crippen LogP contribution in [0.25, 0.3) is 0 Å². The molecule has 1 aliphatic carbocycles. The van der Waals surface area contributed by atoms with Gasteiger partial charge in [0.15, 0.2) is 0 Å². The van der Waals surface area contributed by atoms with Gasteiger partial charge in [0, 0.05) is 12.3 Å². The Morgan fingerprint density at radius 2 is 1.62 bits per heavy atom. The summed E-state index contributed by atoms with van der Waals surface area (Å²) >= 11 is 0. The highest BCUT2D eigenvalue weighted by Gasteiger charge is 2.13. The quantitative estimate of drug-likeness (QED) is 0.508. The number of hydrazone groups is 1. The summed E-state index contributed by atoms with van der Waals surface area (Å²) in [5.74, 6) is -1.36. The van der Waals surface area contributed by atoms with Crippen molar-refractivity contribution >= 4 is 17.5 Å². The normalized spacial score (nSPS) is 15.0. The van der Waals surface area contributed by atoms with Crippen LogP contribution in [0.1, 0.15) is 44.1 Å². The van der Waals surface area contributed by atoms with Gasteiger partial charge in [0.25, 0.3) is 0 Å². The number of rotatable bonds is 3. The van der Waals surface area contributed by atoms with Gasteiger partial charge in [0.05, 0.1) is 0 Å². The molecule has 1 saturated carbocycles. The van der Waals surface area contributed by atoms with Crippen LogP contribution in [-0.4, -0.2) is 17.5 Å². The first-order valence-corrected chi connectivity index (χ1v) is 7.43. The monoisotopic (exact) mass is 287 g/mol. The first-order valence-electron chi connectivity index (χ1n) is 7.43. The molecule has 0 heterocycles. The summed E-state index contributed by atoms with van der Waals surface area (Å²) < 4.78 is 0. The van der Waals surface area contributed by atoms with Crippen molar-refractivity contribution in [1.29, 1.82) is 0 Å². The molecule has 5 nitrogen and oxygen atoms in total. The largest absolute Gasteiger partial charge is 0.344 e. The molecule has 5 heteroatoms. The molecule has 1 aromatic rings. The number of nitrogens with one attached hydrogen (secondary N) is 2. The molecule has 0 radical (unpaired) electrons. The van der Waals surface area contributed by atoms with Gasteiger partial charge < -0.3 is 5.32 Å². The molecule has 1 aliphatic rings. The number of amides is 2. The molecule has 0 aliphatic heterocycles. The van der Waals surface area contributed by atoms with Gasteiger partial charge in [-0.2, -0.15) is 5.10 Å². The van der Waals surface area contributed by atoms with Crippen LogP contribution in [0.2, 0.25) is 0 Å². The Bertz CT molecular complexity index is 502. The standard InChI is InChI=1S/C16H21N3O2/c20-15(17-12-13-8-4-3-5-9-13)16(21)19-18-14-10-6-1-2-7-11-14/h3-5,8-9H,1-2,6-7,10-12H2,(H,17,20)(H,19,21). The zero-order valence-corrected chi connectivity index (χ0v) is 12.1. The molecule has 0 atom stereocenters. The first kappa shape index (κ1) is 15.2. The molecule has 0 saturated heterocycles. The molecule has 0 spiro atoms. The highest BCUT2D eigenvalue weighted by Crippen LogP contribution is 2.14. The highest BCUT2D eigenvalue weighted by atomic mass is 16.2. The summed E-state index contributed by atoms with van der Waals surface area (Å²) in [6, 6.07) is 9.47. The lowest BCUT2D eigenvalue weighted by molar-refractivity contribution is -0.139. The Kier molecular flexibility index (Phi) is 5.94. The summed E-state index contributed by atoms with van der Waals surface area (Å²) in [7, 11) is 0.